The number of allylic oxidation sites excluding steroid dienone is 1. The van der Waals surface area contributed by atoms with Crippen molar-refractivity contribution in [2.24, 2.45) is 4.99 Å². The summed E-state index contributed by atoms with van der Waals surface area (Å²) in [7, 11) is 3.72. The lowest BCUT2D eigenvalue weighted by molar-refractivity contribution is 0.0950. The van der Waals surface area contributed by atoms with E-state index >= 15 is 0 Å². The minimum Gasteiger partial charge on any atom is -0.354 e. The van der Waals surface area contributed by atoms with E-state index in [2.05, 4.69) is 27.1 Å². The average molecular weight is 348 g/mol. The predicted octanol–water partition coefficient (Wildman–Crippen LogP) is 2.81. The lowest BCUT2D eigenvalue weighted by Crippen LogP contribution is -2.42. The second kappa shape index (κ2) is 12.1. The van der Waals surface area contributed by atoms with Gasteiger partial charge < -0.3 is 15.5 Å². The van der Waals surface area contributed by atoms with Crippen LogP contribution in [0, 0.1) is 5.82 Å². The van der Waals surface area contributed by atoms with Gasteiger partial charge in [-0.25, -0.2) is 4.39 Å². The normalized spacial score (nSPS) is 11.1. The molecule has 0 radical (unpaired) electrons. The molecule has 1 amide bonds. The van der Waals surface area contributed by atoms with Gasteiger partial charge in [-0.3, -0.25) is 9.79 Å². The first-order valence-electron chi connectivity index (χ1n) is 8.65. The molecule has 0 saturated heterocycles. The number of hydrogen-bond acceptors (Lipinski definition) is 2. The van der Waals surface area contributed by atoms with Crippen molar-refractivity contribution in [1.82, 2.24) is 15.5 Å². The van der Waals surface area contributed by atoms with E-state index in [0.29, 0.717) is 13.1 Å². The zero-order valence-electron chi connectivity index (χ0n) is 15.2. The summed E-state index contributed by atoms with van der Waals surface area (Å²) in [4.78, 5) is 18.2. The van der Waals surface area contributed by atoms with Crippen molar-refractivity contribution in [2.75, 3.05) is 33.7 Å². The maximum absolute atomic E-state index is 13.5. The minimum atomic E-state index is -0.514. The lowest BCUT2D eigenvalue weighted by atomic mass is 10.2. The van der Waals surface area contributed by atoms with E-state index in [1.54, 1.807) is 19.2 Å². The quantitative estimate of drug-likeness (QED) is 0.296. The zero-order valence-corrected chi connectivity index (χ0v) is 15.2. The summed E-state index contributed by atoms with van der Waals surface area (Å²) in [5.41, 5.74) is 0.0588. The Kier molecular flexibility index (Phi) is 9.97. The Morgan fingerprint density at radius 2 is 1.96 bits per heavy atom. The molecule has 2 N–H and O–H groups in total. The van der Waals surface area contributed by atoms with Crippen LogP contribution in [-0.4, -0.2) is 50.5 Å². The first-order chi connectivity index (χ1) is 12.1. The van der Waals surface area contributed by atoms with Crippen LogP contribution in [-0.2, 0) is 0 Å². The van der Waals surface area contributed by atoms with Gasteiger partial charge in [0.2, 0.25) is 0 Å². The Bertz CT molecular complexity index is 574. The average Bonchev–Trinajstić information content (AvgIpc) is 2.61. The largest absolute Gasteiger partial charge is 0.354 e. The molecular formula is C19H29FN4O. The molecule has 0 unspecified atom stereocenters. The fourth-order valence-electron chi connectivity index (χ4n) is 2.40. The molecule has 0 aliphatic rings. The summed E-state index contributed by atoms with van der Waals surface area (Å²) >= 11 is 0. The molecule has 0 aromatic heterocycles. The highest BCUT2D eigenvalue weighted by atomic mass is 19.1. The molecule has 0 aliphatic heterocycles. The maximum Gasteiger partial charge on any atom is 0.254 e. The molecule has 138 valence electrons. The molecule has 6 heteroatoms. The highest BCUT2D eigenvalue weighted by Crippen LogP contribution is 2.05. The zero-order chi connectivity index (χ0) is 18.5. The number of amides is 1. The van der Waals surface area contributed by atoms with Crippen molar-refractivity contribution in [2.45, 2.75) is 25.7 Å². The molecule has 5 nitrogen and oxygen atoms in total. The molecule has 25 heavy (non-hydrogen) atoms. The third-order valence-electron chi connectivity index (χ3n) is 3.79. The number of nitrogens with one attached hydrogen (secondary N) is 2. The number of halogens is 1. The summed E-state index contributed by atoms with van der Waals surface area (Å²) in [5, 5.41) is 5.89. The third kappa shape index (κ3) is 7.83. The highest BCUT2D eigenvalue weighted by molar-refractivity contribution is 5.94. The number of benzene rings is 1. The van der Waals surface area contributed by atoms with Crippen molar-refractivity contribution in [3.8, 4) is 0 Å². The summed E-state index contributed by atoms with van der Waals surface area (Å²) in [6, 6.07) is 5.95. The van der Waals surface area contributed by atoms with E-state index in [9.17, 15) is 9.18 Å². The highest BCUT2D eigenvalue weighted by Gasteiger charge is 2.10. The van der Waals surface area contributed by atoms with Gasteiger partial charge in [0.15, 0.2) is 5.96 Å². The van der Waals surface area contributed by atoms with Crippen molar-refractivity contribution in [3.63, 3.8) is 0 Å². The van der Waals surface area contributed by atoms with Crippen molar-refractivity contribution in [3.05, 3.63) is 48.3 Å². The van der Waals surface area contributed by atoms with Gasteiger partial charge >= 0.3 is 0 Å². The molecule has 1 aromatic carbocycles. The fourth-order valence-corrected chi connectivity index (χ4v) is 2.40. The van der Waals surface area contributed by atoms with Gasteiger partial charge in [-0.15, -0.1) is 6.58 Å². The second-order valence-corrected chi connectivity index (χ2v) is 5.77. The number of hydrogen-bond donors (Lipinski definition) is 2. The number of carbonyl (C=O) groups is 1. The summed E-state index contributed by atoms with van der Waals surface area (Å²) < 4.78 is 13.5. The number of nitrogens with zero attached hydrogens (tertiary/aromatic N) is 2. The molecule has 1 rings (SSSR count). The number of guanidine groups is 1. The number of rotatable bonds is 10. The van der Waals surface area contributed by atoms with Crippen LogP contribution >= 0.6 is 0 Å². The SMILES string of the molecule is C=CCCCCCN(C)C(=NC)NCCNC(=O)c1ccccc1F. The van der Waals surface area contributed by atoms with Gasteiger partial charge in [0.1, 0.15) is 5.82 Å². The molecule has 0 fully saturated rings. The molecule has 0 atom stereocenters. The monoisotopic (exact) mass is 348 g/mol. The van der Waals surface area contributed by atoms with E-state index in [-0.39, 0.29) is 5.56 Å². The standard InChI is InChI=1S/C19H29FN4O/c1-4-5-6-7-10-15-24(3)19(21-2)23-14-13-22-18(25)16-11-8-9-12-17(16)20/h4,8-9,11-12H,1,5-7,10,13-15H2,2-3H3,(H,21,23)(H,22,25). The molecule has 0 bridgehead atoms. The Morgan fingerprint density at radius 1 is 1.24 bits per heavy atom. The maximum atomic E-state index is 13.5. The summed E-state index contributed by atoms with van der Waals surface area (Å²) in [6.45, 7) is 5.55. The first kappa shape index (κ1) is 20.7. The van der Waals surface area contributed by atoms with Crippen LogP contribution in [0.4, 0.5) is 4.39 Å². The Labute approximate surface area is 150 Å². The van der Waals surface area contributed by atoms with E-state index < -0.39 is 11.7 Å². The van der Waals surface area contributed by atoms with E-state index in [4.69, 9.17) is 0 Å². The van der Waals surface area contributed by atoms with Crippen LogP contribution in [0.1, 0.15) is 36.0 Å². The Balaban J connectivity index is 2.27. The van der Waals surface area contributed by atoms with Gasteiger partial charge in [-0.2, -0.15) is 0 Å². The molecule has 1 aromatic rings. The third-order valence-corrected chi connectivity index (χ3v) is 3.79. The van der Waals surface area contributed by atoms with E-state index in [1.807, 2.05) is 13.1 Å². The van der Waals surface area contributed by atoms with Gasteiger partial charge in [-0.05, 0) is 31.4 Å². The number of carbonyl (C=O) groups excluding carboxylic acids is 1. The van der Waals surface area contributed by atoms with Crippen molar-refractivity contribution in [1.29, 1.82) is 0 Å². The summed E-state index contributed by atoms with van der Waals surface area (Å²) in [5.74, 6) is -0.144. The first-order valence-corrected chi connectivity index (χ1v) is 8.65. The number of aliphatic imine (C=N–C) groups is 1. The van der Waals surface area contributed by atoms with E-state index in [1.165, 1.54) is 12.1 Å². The van der Waals surface area contributed by atoms with Crippen LogP contribution in [0.25, 0.3) is 0 Å². The van der Waals surface area contributed by atoms with Crippen molar-refractivity contribution < 1.29 is 9.18 Å². The minimum absolute atomic E-state index is 0.0588. The number of unbranched alkanes of at least 4 members (excludes halogenated alkanes) is 3. The van der Waals surface area contributed by atoms with E-state index in [0.717, 1.165) is 38.2 Å². The predicted molar refractivity (Wildman–Crippen MR) is 101 cm³/mol. The van der Waals surface area contributed by atoms with Crippen molar-refractivity contribution >= 4 is 11.9 Å². The van der Waals surface area contributed by atoms with Crippen LogP contribution < -0.4 is 10.6 Å². The van der Waals surface area contributed by atoms with Crippen LogP contribution in [0.2, 0.25) is 0 Å². The molecule has 0 aliphatic carbocycles. The molecule has 0 heterocycles. The Hall–Kier alpha value is -2.37. The van der Waals surface area contributed by atoms with Crippen LogP contribution in [0.3, 0.4) is 0 Å². The molecule has 0 saturated carbocycles. The molecule has 0 spiro atoms. The molecular weight excluding hydrogens is 319 g/mol. The van der Waals surface area contributed by atoms with Crippen LogP contribution in [0.15, 0.2) is 41.9 Å². The smallest absolute Gasteiger partial charge is 0.254 e. The van der Waals surface area contributed by atoms with Gasteiger partial charge in [0.05, 0.1) is 5.56 Å². The summed E-state index contributed by atoms with van der Waals surface area (Å²) in [6.07, 6.45) is 6.41. The van der Waals surface area contributed by atoms with Gasteiger partial charge in [0.25, 0.3) is 5.91 Å². The second-order valence-electron chi connectivity index (χ2n) is 5.77. The van der Waals surface area contributed by atoms with Gasteiger partial charge in [-0.1, -0.05) is 24.6 Å². The van der Waals surface area contributed by atoms with Crippen LogP contribution in [0.5, 0.6) is 0 Å². The Morgan fingerprint density at radius 3 is 2.64 bits per heavy atom. The fraction of sp³-hybridized carbons (Fsp3) is 0.474. The lowest BCUT2D eigenvalue weighted by Gasteiger charge is -2.22. The topological polar surface area (TPSA) is 56.7 Å². The van der Waals surface area contributed by atoms with Gasteiger partial charge in [0, 0.05) is 33.7 Å².